The fourth-order valence-corrected chi connectivity index (χ4v) is 2.34. The first kappa shape index (κ1) is 13.6. The first-order valence-electron chi connectivity index (χ1n) is 6.36. The second kappa shape index (κ2) is 5.57. The molecule has 0 unspecified atom stereocenters. The number of imidazole rings is 1. The highest BCUT2D eigenvalue weighted by atomic mass is 79.9. The van der Waals surface area contributed by atoms with Gasteiger partial charge in [0, 0.05) is 16.6 Å². The number of H-pyrrole nitrogens is 2. The van der Waals surface area contributed by atoms with E-state index in [0.29, 0.717) is 12.1 Å². The Bertz CT molecular complexity index is 849. The van der Waals surface area contributed by atoms with Crippen LogP contribution in [0.4, 0.5) is 0 Å². The van der Waals surface area contributed by atoms with Gasteiger partial charge in [-0.05, 0) is 42.0 Å². The molecule has 6 heteroatoms. The maximum absolute atomic E-state index is 12.0. The van der Waals surface area contributed by atoms with Gasteiger partial charge in [0.05, 0.1) is 11.0 Å². The average molecular weight is 346 g/mol. The molecule has 5 nitrogen and oxygen atoms in total. The third-order valence-corrected chi connectivity index (χ3v) is 3.67. The number of nitrogens with one attached hydrogen (secondary N) is 3. The molecule has 0 saturated heterocycles. The Labute approximate surface area is 128 Å². The summed E-state index contributed by atoms with van der Waals surface area (Å²) in [6.45, 7) is 0.401. The van der Waals surface area contributed by atoms with Gasteiger partial charge in [0.2, 0.25) is 0 Å². The van der Waals surface area contributed by atoms with Crippen molar-refractivity contribution >= 4 is 32.9 Å². The number of benzene rings is 2. The monoisotopic (exact) mass is 345 g/mol. The third kappa shape index (κ3) is 3.05. The minimum atomic E-state index is -0.235. The van der Waals surface area contributed by atoms with Crippen LogP contribution in [0, 0.1) is 0 Å². The van der Waals surface area contributed by atoms with Crippen LogP contribution in [-0.2, 0) is 6.54 Å². The van der Waals surface area contributed by atoms with E-state index in [0.717, 1.165) is 21.1 Å². The second-order valence-electron chi connectivity index (χ2n) is 4.65. The number of aromatic nitrogens is 2. The topological polar surface area (TPSA) is 77.8 Å². The molecule has 0 aliphatic carbocycles. The maximum atomic E-state index is 12.0. The molecule has 2 aromatic carbocycles. The number of carbonyl (C=O) groups is 1. The Morgan fingerprint density at radius 3 is 2.52 bits per heavy atom. The normalized spacial score (nSPS) is 10.7. The second-order valence-corrected chi connectivity index (χ2v) is 5.56. The summed E-state index contributed by atoms with van der Waals surface area (Å²) >= 11 is 3.33. The number of halogens is 1. The number of hydrogen-bond donors (Lipinski definition) is 3. The lowest BCUT2D eigenvalue weighted by Crippen LogP contribution is -2.22. The smallest absolute Gasteiger partial charge is 0.323 e. The summed E-state index contributed by atoms with van der Waals surface area (Å²) in [6, 6.07) is 12.7. The first-order chi connectivity index (χ1) is 10.1. The van der Waals surface area contributed by atoms with Crippen molar-refractivity contribution in [3.63, 3.8) is 0 Å². The van der Waals surface area contributed by atoms with E-state index in [2.05, 4.69) is 31.2 Å². The summed E-state index contributed by atoms with van der Waals surface area (Å²) in [5.41, 5.74) is 2.77. The quantitative estimate of drug-likeness (QED) is 0.682. The molecular weight excluding hydrogens is 334 g/mol. The van der Waals surface area contributed by atoms with Crippen LogP contribution in [0.5, 0.6) is 0 Å². The number of hydrogen-bond acceptors (Lipinski definition) is 2. The van der Waals surface area contributed by atoms with Crippen molar-refractivity contribution in [1.29, 1.82) is 0 Å². The van der Waals surface area contributed by atoms with Crippen molar-refractivity contribution in [1.82, 2.24) is 15.3 Å². The third-order valence-electron chi connectivity index (χ3n) is 3.14. The van der Waals surface area contributed by atoms with E-state index in [-0.39, 0.29) is 11.6 Å². The lowest BCUT2D eigenvalue weighted by molar-refractivity contribution is 0.0951. The molecular formula is C15H12BrN3O2. The van der Waals surface area contributed by atoms with Crippen molar-refractivity contribution in [3.8, 4) is 0 Å². The lowest BCUT2D eigenvalue weighted by atomic mass is 10.2. The van der Waals surface area contributed by atoms with E-state index in [1.807, 2.05) is 30.3 Å². The fraction of sp³-hybridized carbons (Fsp3) is 0.0667. The molecule has 3 aromatic rings. The first-order valence-corrected chi connectivity index (χ1v) is 7.16. The Morgan fingerprint density at radius 2 is 1.76 bits per heavy atom. The molecule has 0 aliphatic rings. The number of amides is 1. The molecule has 3 N–H and O–H groups in total. The Hall–Kier alpha value is -2.34. The summed E-state index contributed by atoms with van der Waals surface area (Å²) in [7, 11) is 0. The SMILES string of the molecule is O=C(NCc1ccc2[nH]c(=O)[nH]c2c1)c1ccc(Br)cc1. The van der Waals surface area contributed by atoms with E-state index in [4.69, 9.17) is 0 Å². The molecule has 21 heavy (non-hydrogen) atoms. The van der Waals surface area contributed by atoms with Gasteiger partial charge < -0.3 is 15.3 Å². The molecule has 0 saturated carbocycles. The highest BCUT2D eigenvalue weighted by Gasteiger charge is 2.05. The zero-order valence-electron chi connectivity index (χ0n) is 10.9. The van der Waals surface area contributed by atoms with Gasteiger partial charge in [0.25, 0.3) is 5.91 Å². The number of fused-ring (bicyclic) bond motifs is 1. The van der Waals surface area contributed by atoms with Crippen molar-refractivity contribution < 1.29 is 4.79 Å². The van der Waals surface area contributed by atoms with E-state index in [1.165, 1.54) is 0 Å². The molecule has 1 heterocycles. The van der Waals surface area contributed by atoms with Crippen LogP contribution in [0.3, 0.4) is 0 Å². The standard InChI is InChI=1S/C15H12BrN3O2/c16-11-4-2-10(3-5-11)14(20)17-8-9-1-6-12-13(7-9)19-15(21)18-12/h1-7H,8H2,(H,17,20)(H2,18,19,21). The van der Waals surface area contributed by atoms with Crippen molar-refractivity contribution in [2.45, 2.75) is 6.54 Å². The lowest BCUT2D eigenvalue weighted by Gasteiger charge is -2.05. The molecule has 3 rings (SSSR count). The van der Waals surface area contributed by atoms with Crippen molar-refractivity contribution in [3.05, 3.63) is 68.5 Å². The van der Waals surface area contributed by atoms with E-state index in [1.54, 1.807) is 12.1 Å². The summed E-state index contributed by atoms with van der Waals surface area (Å²) in [5, 5.41) is 2.85. The van der Waals surface area contributed by atoms with Gasteiger partial charge in [-0.1, -0.05) is 22.0 Å². The highest BCUT2D eigenvalue weighted by Crippen LogP contribution is 2.12. The molecule has 0 bridgehead atoms. The predicted octanol–water partition coefficient (Wildman–Crippen LogP) is 2.55. The zero-order chi connectivity index (χ0) is 14.8. The maximum Gasteiger partial charge on any atom is 0.323 e. The van der Waals surface area contributed by atoms with Gasteiger partial charge in [0.1, 0.15) is 0 Å². The molecule has 1 amide bonds. The molecule has 0 aliphatic heterocycles. The van der Waals surface area contributed by atoms with Crippen LogP contribution >= 0.6 is 15.9 Å². The Balaban J connectivity index is 1.72. The molecule has 0 radical (unpaired) electrons. The van der Waals surface area contributed by atoms with Crippen LogP contribution in [0.15, 0.2) is 51.7 Å². The van der Waals surface area contributed by atoms with Gasteiger partial charge in [0.15, 0.2) is 0 Å². The summed E-state index contributed by atoms with van der Waals surface area (Å²) in [6.07, 6.45) is 0. The summed E-state index contributed by atoms with van der Waals surface area (Å²) in [4.78, 5) is 28.6. The molecule has 0 atom stereocenters. The highest BCUT2D eigenvalue weighted by molar-refractivity contribution is 9.10. The van der Waals surface area contributed by atoms with Crippen molar-refractivity contribution in [2.24, 2.45) is 0 Å². The van der Waals surface area contributed by atoms with E-state index >= 15 is 0 Å². The summed E-state index contributed by atoms with van der Waals surface area (Å²) < 4.78 is 0.931. The Kier molecular flexibility index (Phi) is 3.62. The van der Waals surface area contributed by atoms with Crippen LogP contribution in [-0.4, -0.2) is 15.9 Å². The van der Waals surface area contributed by atoms with Crippen LogP contribution in [0.2, 0.25) is 0 Å². The molecule has 106 valence electrons. The van der Waals surface area contributed by atoms with E-state index < -0.39 is 0 Å². The molecule has 1 aromatic heterocycles. The van der Waals surface area contributed by atoms with Gasteiger partial charge in [-0.15, -0.1) is 0 Å². The largest absolute Gasteiger partial charge is 0.348 e. The fourth-order valence-electron chi connectivity index (χ4n) is 2.08. The van der Waals surface area contributed by atoms with Gasteiger partial charge in [-0.25, -0.2) is 4.79 Å². The van der Waals surface area contributed by atoms with Crippen LogP contribution in [0.1, 0.15) is 15.9 Å². The predicted molar refractivity (Wildman–Crippen MR) is 84.2 cm³/mol. The number of aromatic amines is 2. The Morgan fingerprint density at radius 1 is 1.05 bits per heavy atom. The van der Waals surface area contributed by atoms with Crippen molar-refractivity contribution in [2.75, 3.05) is 0 Å². The number of carbonyl (C=O) groups excluding carboxylic acids is 1. The molecule has 0 fully saturated rings. The zero-order valence-corrected chi connectivity index (χ0v) is 12.5. The summed E-state index contributed by atoms with van der Waals surface area (Å²) in [5.74, 6) is -0.134. The number of rotatable bonds is 3. The van der Waals surface area contributed by atoms with Gasteiger partial charge >= 0.3 is 5.69 Å². The minimum Gasteiger partial charge on any atom is -0.348 e. The van der Waals surface area contributed by atoms with E-state index in [9.17, 15) is 9.59 Å². The minimum absolute atomic E-state index is 0.134. The van der Waals surface area contributed by atoms with Crippen LogP contribution < -0.4 is 11.0 Å². The van der Waals surface area contributed by atoms with Gasteiger partial charge in [-0.2, -0.15) is 0 Å². The van der Waals surface area contributed by atoms with Crippen LogP contribution in [0.25, 0.3) is 11.0 Å². The average Bonchev–Trinajstić information content (AvgIpc) is 2.84. The van der Waals surface area contributed by atoms with Gasteiger partial charge in [-0.3, -0.25) is 4.79 Å². The molecule has 0 spiro atoms.